The van der Waals surface area contributed by atoms with Gasteiger partial charge in [0.2, 0.25) is 0 Å². The van der Waals surface area contributed by atoms with Gasteiger partial charge < -0.3 is 10.3 Å². The summed E-state index contributed by atoms with van der Waals surface area (Å²) in [6.45, 7) is 2.69. The maximum atomic E-state index is 5.55. The number of hydrogen-bond acceptors (Lipinski definition) is 4. The Morgan fingerprint density at radius 3 is 2.93 bits per heavy atom. The van der Waals surface area contributed by atoms with Gasteiger partial charge in [0, 0.05) is 24.3 Å². The molecule has 0 unspecified atom stereocenters. The molecule has 0 aromatic carbocycles. The van der Waals surface area contributed by atoms with Crippen molar-refractivity contribution in [2.24, 2.45) is 12.8 Å². The Balaban J connectivity index is 2.38. The Morgan fingerprint density at radius 1 is 1.53 bits per heavy atom. The normalized spacial score (nSPS) is 10.9. The van der Waals surface area contributed by atoms with Crippen LogP contribution in [-0.4, -0.2) is 21.1 Å². The van der Waals surface area contributed by atoms with Crippen molar-refractivity contribution in [1.29, 1.82) is 0 Å². The SMILES string of the molecule is Cc1nc(-c2nccn2C)sc1CCN. The van der Waals surface area contributed by atoms with Gasteiger partial charge >= 0.3 is 0 Å². The monoisotopic (exact) mass is 222 g/mol. The van der Waals surface area contributed by atoms with Gasteiger partial charge in [-0.2, -0.15) is 0 Å². The van der Waals surface area contributed by atoms with E-state index in [4.69, 9.17) is 5.73 Å². The molecule has 0 aliphatic rings. The van der Waals surface area contributed by atoms with Crippen molar-refractivity contribution < 1.29 is 0 Å². The van der Waals surface area contributed by atoms with Crippen LogP contribution in [0.15, 0.2) is 12.4 Å². The first kappa shape index (κ1) is 10.3. The molecular formula is C10H14N4S. The van der Waals surface area contributed by atoms with Crippen LogP contribution in [0.5, 0.6) is 0 Å². The number of imidazole rings is 1. The Labute approximate surface area is 92.8 Å². The fraction of sp³-hybridized carbons (Fsp3) is 0.400. The quantitative estimate of drug-likeness (QED) is 0.853. The van der Waals surface area contributed by atoms with E-state index in [0.717, 1.165) is 22.9 Å². The minimum Gasteiger partial charge on any atom is -0.332 e. The fourth-order valence-corrected chi connectivity index (χ4v) is 2.58. The van der Waals surface area contributed by atoms with Crippen molar-refractivity contribution in [2.75, 3.05) is 6.54 Å². The first-order valence-corrected chi connectivity index (χ1v) is 5.68. The summed E-state index contributed by atoms with van der Waals surface area (Å²) in [4.78, 5) is 10.1. The molecule has 2 N–H and O–H groups in total. The van der Waals surface area contributed by atoms with Gasteiger partial charge in [-0.15, -0.1) is 11.3 Å². The topological polar surface area (TPSA) is 56.7 Å². The molecule has 0 aliphatic heterocycles. The maximum Gasteiger partial charge on any atom is 0.168 e. The standard InChI is InChI=1S/C10H14N4S/c1-7-8(3-4-11)15-10(13-7)9-12-5-6-14(9)2/h5-6H,3-4,11H2,1-2H3. The molecule has 0 amide bonds. The number of aryl methyl sites for hydroxylation is 2. The molecule has 15 heavy (non-hydrogen) atoms. The summed E-state index contributed by atoms with van der Waals surface area (Å²) in [7, 11) is 1.97. The van der Waals surface area contributed by atoms with E-state index < -0.39 is 0 Å². The number of nitrogens with two attached hydrogens (primary N) is 1. The van der Waals surface area contributed by atoms with E-state index >= 15 is 0 Å². The molecule has 0 bridgehead atoms. The van der Waals surface area contributed by atoms with E-state index in [1.165, 1.54) is 4.88 Å². The minimum atomic E-state index is 0.670. The molecule has 2 heterocycles. The highest BCUT2D eigenvalue weighted by Gasteiger charge is 2.11. The lowest BCUT2D eigenvalue weighted by atomic mass is 10.3. The molecule has 4 nitrogen and oxygen atoms in total. The van der Waals surface area contributed by atoms with Gasteiger partial charge in [0.25, 0.3) is 0 Å². The first-order chi connectivity index (χ1) is 7.22. The van der Waals surface area contributed by atoms with Gasteiger partial charge in [0.05, 0.1) is 5.69 Å². The highest BCUT2D eigenvalue weighted by molar-refractivity contribution is 7.15. The lowest BCUT2D eigenvalue weighted by molar-refractivity contribution is 0.920. The van der Waals surface area contributed by atoms with Crippen LogP contribution >= 0.6 is 11.3 Å². The third kappa shape index (κ3) is 1.93. The van der Waals surface area contributed by atoms with Crippen LogP contribution in [-0.2, 0) is 13.5 Å². The molecule has 2 aromatic rings. The van der Waals surface area contributed by atoms with E-state index in [1.807, 2.05) is 24.7 Å². The van der Waals surface area contributed by atoms with Crippen LogP contribution in [0.3, 0.4) is 0 Å². The molecule has 2 aromatic heterocycles. The number of hydrogen-bond donors (Lipinski definition) is 1. The van der Waals surface area contributed by atoms with Gasteiger partial charge in [-0.1, -0.05) is 0 Å². The summed E-state index contributed by atoms with van der Waals surface area (Å²) in [5.41, 5.74) is 6.62. The Kier molecular flexibility index (Phi) is 2.83. The van der Waals surface area contributed by atoms with Gasteiger partial charge in [0.15, 0.2) is 10.8 Å². The summed E-state index contributed by atoms with van der Waals surface area (Å²) in [6, 6.07) is 0. The van der Waals surface area contributed by atoms with Gasteiger partial charge in [-0.05, 0) is 19.9 Å². The van der Waals surface area contributed by atoms with E-state index in [-0.39, 0.29) is 0 Å². The summed E-state index contributed by atoms with van der Waals surface area (Å²) in [5.74, 6) is 0.923. The average molecular weight is 222 g/mol. The molecule has 80 valence electrons. The predicted molar refractivity (Wildman–Crippen MR) is 61.8 cm³/mol. The zero-order valence-electron chi connectivity index (χ0n) is 8.90. The Bertz CT molecular complexity index is 458. The zero-order chi connectivity index (χ0) is 10.8. The molecule has 0 radical (unpaired) electrons. The second-order valence-electron chi connectivity index (χ2n) is 3.43. The fourth-order valence-electron chi connectivity index (χ4n) is 1.46. The van der Waals surface area contributed by atoms with Gasteiger partial charge in [-0.25, -0.2) is 9.97 Å². The van der Waals surface area contributed by atoms with Crippen molar-refractivity contribution in [1.82, 2.24) is 14.5 Å². The third-order valence-electron chi connectivity index (χ3n) is 2.28. The molecule has 5 heteroatoms. The molecule has 2 rings (SSSR count). The molecular weight excluding hydrogens is 208 g/mol. The van der Waals surface area contributed by atoms with Crippen molar-refractivity contribution in [3.8, 4) is 10.8 Å². The molecule has 0 aliphatic carbocycles. The van der Waals surface area contributed by atoms with Gasteiger partial charge in [0.1, 0.15) is 0 Å². The summed E-state index contributed by atoms with van der Waals surface area (Å²) in [5, 5.41) is 0.975. The van der Waals surface area contributed by atoms with E-state index in [0.29, 0.717) is 6.54 Å². The smallest absolute Gasteiger partial charge is 0.168 e. The lowest BCUT2D eigenvalue weighted by Gasteiger charge is -1.94. The number of aromatic nitrogens is 3. The summed E-state index contributed by atoms with van der Waals surface area (Å²) in [6.07, 6.45) is 4.61. The highest BCUT2D eigenvalue weighted by Crippen LogP contribution is 2.26. The van der Waals surface area contributed by atoms with Crippen LogP contribution in [0.25, 0.3) is 10.8 Å². The van der Waals surface area contributed by atoms with Crippen molar-refractivity contribution in [3.05, 3.63) is 23.0 Å². The zero-order valence-corrected chi connectivity index (χ0v) is 9.71. The van der Waals surface area contributed by atoms with Crippen molar-refractivity contribution in [2.45, 2.75) is 13.3 Å². The molecule has 0 saturated heterocycles. The molecule has 0 fully saturated rings. The number of thiazole rings is 1. The maximum absolute atomic E-state index is 5.55. The third-order valence-corrected chi connectivity index (χ3v) is 3.49. The summed E-state index contributed by atoms with van der Waals surface area (Å²) < 4.78 is 1.98. The van der Waals surface area contributed by atoms with E-state index in [9.17, 15) is 0 Å². The lowest BCUT2D eigenvalue weighted by Crippen LogP contribution is -2.01. The minimum absolute atomic E-state index is 0.670. The van der Waals surface area contributed by atoms with E-state index in [2.05, 4.69) is 9.97 Å². The van der Waals surface area contributed by atoms with Crippen LogP contribution in [0.2, 0.25) is 0 Å². The number of rotatable bonds is 3. The van der Waals surface area contributed by atoms with E-state index in [1.54, 1.807) is 17.5 Å². The highest BCUT2D eigenvalue weighted by atomic mass is 32.1. The second-order valence-corrected chi connectivity index (χ2v) is 4.51. The average Bonchev–Trinajstić information content (AvgIpc) is 2.75. The van der Waals surface area contributed by atoms with Crippen LogP contribution in [0.4, 0.5) is 0 Å². The molecule has 0 saturated carbocycles. The van der Waals surface area contributed by atoms with Crippen LogP contribution in [0.1, 0.15) is 10.6 Å². The molecule has 0 atom stereocenters. The Hall–Kier alpha value is -1.20. The largest absolute Gasteiger partial charge is 0.332 e. The first-order valence-electron chi connectivity index (χ1n) is 4.86. The van der Waals surface area contributed by atoms with Crippen molar-refractivity contribution in [3.63, 3.8) is 0 Å². The van der Waals surface area contributed by atoms with Crippen LogP contribution < -0.4 is 5.73 Å². The van der Waals surface area contributed by atoms with Crippen LogP contribution in [0, 0.1) is 6.92 Å². The predicted octanol–water partition coefficient (Wildman–Crippen LogP) is 1.35. The summed E-state index contributed by atoms with van der Waals surface area (Å²) >= 11 is 1.68. The molecule has 0 spiro atoms. The number of nitrogens with zero attached hydrogens (tertiary/aromatic N) is 3. The second kappa shape index (κ2) is 4.12. The Morgan fingerprint density at radius 2 is 2.33 bits per heavy atom. The van der Waals surface area contributed by atoms with Gasteiger partial charge in [-0.3, -0.25) is 0 Å². The van der Waals surface area contributed by atoms with Crippen molar-refractivity contribution >= 4 is 11.3 Å².